The van der Waals surface area contributed by atoms with Crippen molar-refractivity contribution < 1.29 is 9.59 Å². The summed E-state index contributed by atoms with van der Waals surface area (Å²) in [5, 5.41) is 0. The molecular formula is C23H26O2. The third-order valence-electron chi connectivity index (χ3n) is 7.66. The van der Waals surface area contributed by atoms with Crippen LogP contribution in [0.5, 0.6) is 0 Å². The molecule has 0 saturated heterocycles. The highest BCUT2D eigenvalue weighted by Crippen LogP contribution is 2.61. The van der Waals surface area contributed by atoms with Gasteiger partial charge >= 0.3 is 0 Å². The van der Waals surface area contributed by atoms with Crippen LogP contribution in [0, 0.1) is 23.2 Å². The molecule has 2 fully saturated rings. The molecule has 2 heteroatoms. The molecule has 0 aromatic heterocycles. The fourth-order valence-corrected chi connectivity index (χ4v) is 6.61. The summed E-state index contributed by atoms with van der Waals surface area (Å²) >= 11 is 0. The van der Waals surface area contributed by atoms with E-state index in [1.165, 1.54) is 25.7 Å². The molecule has 2 nitrogen and oxygen atoms in total. The van der Waals surface area contributed by atoms with Crippen LogP contribution in [0.15, 0.2) is 35.4 Å². The third-order valence-corrected chi connectivity index (χ3v) is 7.66. The van der Waals surface area contributed by atoms with Crippen molar-refractivity contribution in [3.05, 3.63) is 46.5 Å². The number of ketones is 2. The van der Waals surface area contributed by atoms with Crippen molar-refractivity contribution >= 4 is 11.6 Å². The largest absolute Gasteiger partial charge is 0.294 e. The Kier molecular flexibility index (Phi) is 3.36. The summed E-state index contributed by atoms with van der Waals surface area (Å²) in [6.07, 6.45) is 9.38. The standard InChI is InChI=1S/C23H26O2/c1-23-19-13-7-6-9-15(19)14-8-2-3-10-16(14)20(23)21(24)17-11-4-5-12-18(17)22(23)25/h4-5,11-12,16,19-20H,2-3,6-10,13H2,1H3. The fraction of sp³-hybridized carbons (Fsp3) is 0.565. The van der Waals surface area contributed by atoms with Crippen molar-refractivity contribution in [3.8, 4) is 0 Å². The lowest BCUT2D eigenvalue weighted by molar-refractivity contribution is 0.0234. The maximum absolute atomic E-state index is 13.7. The zero-order valence-corrected chi connectivity index (χ0v) is 15.0. The van der Waals surface area contributed by atoms with Gasteiger partial charge in [-0.25, -0.2) is 0 Å². The van der Waals surface area contributed by atoms with Crippen molar-refractivity contribution in [2.24, 2.45) is 23.2 Å². The summed E-state index contributed by atoms with van der Waals surface area (Å²) in [7, 11) is 0. The predicted molar refractivity (Wildman–Crippen MR) is 97.6 cm³/mol. The van der Waals surface area contributed by atoms with E-state index in [0.29, 0.717) is 23.0 Å². The van der Waals surface area contributed by atoms with Gasteiger partial charge in [0, 0.05) is 22.5 Å². The Morgan fingerprint density at radius 2 is 1.56 bits per heavy atom. The molecule has 0 spiro atoms. The van der Waals surface area contributed by atoms with E-state index in [1.54, 1.807) is 11.1 Å². The van der Waals surface area contributed by atoms with Crippen LogP contribution >= 0.6 is 0 Å². The van der Waals surface area contributed by atoms with Crippen LogP contribution in [0.25, 0.3) is 0 Å². The van der Waals surface area contributed by atoms with Gasteiger partial charge < -0.3 is 0 Å². The van der Waals surface area contributed by atoms with Crippen molar-refractivity contribution in [2.45, 2.75) is 58.3 Å². The van der Waals surface area contributed by atoms with Crippen molar-refractivity contribution in [3.63, 3.8) is 0 Å². The Morgan fingerprint density at radius 1 is 0.880 bits per heavy atom. The first kappa shape index (κ1) is 15.5. The van der Waals surface area contributed by atoms with Crippen LogP contribution in [0.2, 0.25) is 0 Å². The van der Waals surface area contributed by atoms with E-state index in [9.17, 15) is 9.59 Å². The van der Waals surface area contributed by atoms with E-state index in [2.05, 4.69) is 6.92 Å². The molecule has 25 heavy (non-hydrogen) atoms. The van der Waals surface area contributed by atoms with E-state index in [-0.39, 0.29) is 17.5 Å². The van der Waals surface area contributed by atoms with Gasteiger partial charge in [-0.3, -0.25) is 9.59 Å². The zero-order chi connectivity index (χ0) is 17.2. The average Bonchev–Trinajstić information content (AvgIpc) is 2.67. The molecule has 0 aliphatic heterocycles. The maximum Gasteiger partial charge on any atom is 0.170 e. The van der Waals surface area contributed by atoms with Crippen LogP contribution < -0.4 is 0 Å². The van der Waals surface area contributed by atoms with E-state index >= 15 is 0 Å². The monoisotopic (exact) mass is 334 g/mol. The minimum atomic E-state index is -0.521. The van der Waals surface area contributed by atoms with E-state index in [1.807, 2.05) is 24.3 Å². The van der Waals surface area contributed by atoms with Crippen molar-refractivity contribution in [2.75, 3.05) is 0 Å². The Balaban J connectivity index is 1.76. The molecule has 4 aliphatic carbocycles. The Labute approximate surface area is 149 Å². The molecule has 1 aromatic carbocycles. The second-order valence-electron chi connectivity index (χ2n) is 8.70. The summed E-state index contributed by atoms with van der Waals surface area (Å²) in [5.74, 6) is 0.957. The molecule has 4 unspecified atom stereocenters. The van der Waals surface area contributed by atoms with Gasteiger partial charge in [0.2, 0.25) is 0 Å². The molecule has 4 aliphatic rings. The van der Waals surface area contributed by atoms with Gasteiger partial charge in [0.05, 0.1) is 0 Å². The third kappa shape index (κ3) is 1.91. The highest BCUT2D eigenvalue weighted by molar-refractivity contribution is 6.18. The van der Waals surface area contributed by atoms with Gasteiger partial charge in [0.15, 0.2) is 11.6 Å². The highest BCUT2D eigenvalue weighted by atomic mass is 16.1. The van der Waals surface area contributed by atoms with Crippen molar-refractivity contribution in [1.29, 1.82) is 0 Å². The minimum Gasteiger partial charge on any atom is -0.294 e. The predicted octanol–water partition coefficient (Wildman–Crippen LogP) is 5.38. The maximum atomic E-state index is 13.7. The lowest BCUT2D eigenvalue weighted by Gasteiger charge is -2.55. The molecular weight excluding hydrogens is 308 g/mol. The van der Waals surface area contributed by atoms with E-state index in [0.717, 1.165) is 25.7 Å². The second-order valence-corrected chi connectivity index (χ2v) is 8.70. The Morgan fingerprint density at radius 3 is 2.36 bits per heavy atom. The summed E-state index contributed by atoms with van der Waals surface area (Å²) < 4.78 is 0. The van der Waals surface area contributed by atoms with Gasteiger partial charge in [-0.05, 0) is 50.4 Å². The van der Waals surface area contributed by atoms with Gasteiger partial charge in [-0.15, -0.1) is 0 Å². The van der Waals surface area contributed by atoms with Gasteiger partial charge in [-0.1, -0.05) is 55.2 Å². The molecule has 0 bridgehead atoms. The zero-order valence-electron chi connectivity index (χ0n) is 15.0. The SMILES string of the molecule is CC12C(=O)c3ccccc3C(=O)C1C1CCCCC1=C1CCCCC12. The summed E-state index contributed by atoms with van der Waals surface area (Å²) in [5.41, 5.74) is 4.00. The molecule has 130 valence electrons. The van der Waals surface area contributed by atoms with Gasteiger partial charge in [0.1, 0.15) is 0 Å². The first-order valence-corrected chi connectivity index (χ1v) is 10.0. The number of rotatable bonds is 0. The first-order chi connectivity index (χ1) is 12.1. The number of hydrogen-bond donors (Lipinski definition) is 0. The van der Waals surface area contributed by atoms with Gasteiger partial charge in [-0.2, -0.15) is 0 Å². The fourth-order valence-electron chi connectivity index (χ4n) is 6.61. The number of carbonyl (C=O) groups excluding carboxylic acids is 2. The van der Waals surface area contributed by atoms with E-state index < -0.39 is 5.41 Å². The minimum absolute atomic E-state index is 0.128. The van der Waals surface area contributed by atoms with E-state index in [4.69, 9.17) is 0 Å². The molecule has 5 rings (SSSR count). The number of benzene rings is 1. The number of carbonyl (C=O) groups is 2. The lowest BCUT2D eigenvalue weighted by Crippen LogP contribution is -2.56. The molecule has 4 atom stereocenters. The summed E-state index contributed by atoms with van der Waals surface area (Å²) in [6.45, 7) is 2.13. The molecule has 0 amide bonds. The number of Topliss-reactive ketones (excluding diaryl/α,β-unsaturated/α-hetero) is 2. The van der Waals surface area contributed by atoms with Crippen LogP contribution in [0.3, 0.4) is 0 Å². The molecule has 1 aromatic rings. The van der Waals surface area contributed by atoms with Crippen LogP contribution in [0.4, 0.5) is 0 Å². The smallest absolute Gasteiger partial charge is 0.170 e. The second kappa shape index (κ2) is 5.40. The van der Waals surface area contributed by atoms with Crippen LogP contribution in [-0.4, -0.2) is 11.6 Å². The highest BCUT2D eigenvalue weighted by Gasteiger charge is 2.61. The quantitative estimate of drug-likeness (QED) is 0.597. The summed E-state index contributed by atoms with van der Waals surface area (Å²) in [4.78, 5) is 27.2. The van der Waals surface area contributed by atoms with Gasteiger partial charge in [0.25, 0.3) is 0 Å². The molecule has 0 N–H and O–H groups in total. The summed E-state index contributed by atoms with van der Waals surface area (Å²) in [6, 6.07) is 7.55. The van der Waals surface area contributed by atoms with Crippen LogP contribution in [0.1, 0.15) is 79.0 Å². The normalized spacial score (nSPS) is 37.1. The molecule has 0 radical (unpaired) electrons. The number of hydrogen-bond acceptors (Lipinski definition) is 2. The molecule has 2 saturated carbocycles. The first-order valence-electron chi connectivity index (χ1n) is 10.0. The number of allylic oxidation sites excluding steroid dienone is 2. The van der Waals surface area contributed by atoms with Crippen molar-refractivity contribution in [1.82, 2.24) is 0 Å². The Bertz CT molecular complexity index is 802. The average molecular weight is 334 g/mol. The lowest BCUT2D eigenvalue weighted by atomic mass is 9.46. The Hall–Kier alpha value is -1.70. The molecule has 0 heterocycles. The topological polar surface area (TPSA) is 34.1 Å². The van der Waals surface area contributed by atoms with Crippen LogP contribution in [-0.2, 0) is 0 Å². The number of fused-ring (bicyclic) bond motifs is 6.